The highest BCUT2D eigenvalue weighted by atomic mass is 32.1. The lowest BCUT2D eigenvalue weighted by atomic mass is 10.1. The highest BCUT2D eigenvalue weighted by Crippen LogP contribution is 2.37. The molecular formula is C14H14N2O4S. The molecule has 0 aromatic carbocycles. The van der Waals surface area contributed by atoms with Crippen LogP contribution >= 0.6 is 11.3 Å². The van der Waals surface area contributed by atoms with E-state index in [2.05, 4.69) is 0 Å². The van der Waals surface area contributed by atoms with Gasteiger partial charge in [-0.2, -0.15) is 0 Å². The van der Waals surface area contributed by atoms with Crippen molar-refractivity contribution >= 4 is 33.0 Å². The van der Waals surface area contributed by atoms with Crippen LogP contribution in [-0.4, -0.2) is 28.8 Å². The number of amides is 1. The van der Waals surface area contributed by atoms with Crippen LogP contribution in [0.1, 0.15) is 21.7 Å². The van der Waals surface area contributed by atoms with E-state index in [4.69, 9.17) is 10.5 Å². The molecule has 2 aromatic heterocycles. The van der Waals surface area contributed by atoms with Gasteiger partial charge in [0.15, 0.2) is 5.75 Å². The summed E-state index contributed by atoms with van der Waals surface area (Å²) in [5.74, 6) is -1.25. The summed E-state index contributed by atoms with van der Waals surface area (Å²) in [4.78, 5) is 24.4. The molecule has 1 aliphatic rings. The third-order valence-electron chi connectivity index (χ3n) is 3.57. The molecule has 0 atom stereocenters. The van der Waals surface area contributed by atoms with E-state index in [0.717, 1.165) is 16.9 Å². The van der Waals surface area contributed by atoms with Gasteiger partial charge in [0.2, 0.25) is 0 Å². The van der Waals surface area contributed by atoms with E-state index in [1.807, 2.05) is 12.1 Å². The number of primary amides is 1. The molecular weight excluding hydrogens is 292 g/mol. The van der Waals surface area contributed by atoms with Gasteiger partial charge in [-0.1, -0.05) is 6.08 Å². The number of pyridine rings is 1. The zero-order valence-electron chi connectivity index (χ0n) is 11.4. The molecule has 0 radical (unpaired) electrons. The molecule has 0 bridgehead atoms. The number of aryl methyl sites for hydroxylation is 1. The second kappa shape index (κ2) is 5.01. The van der Waals surface area contributed by atoms with Crippen LogP contribution in [0.2, 0.25) is 0 Å². The van der Waals surface area contributed by atoms with Crippen molar-refractivity contribution in [3.05, 3.63) is 32.9 Å². The first-order valence-corrected chi connectivity index (χ1v) is 7.24. The van der Waals surface area contributed by atoms with Gasteiger partial charge in [-0.3, -0.25) is 9.59 Å². The Balaban J connectivity index is 2.29. The first-order chi connectivity index (χ1) is 10.0. The number of thiophene rings is 1. The summed E-state index contributed by atoms with van der Waals surface area (Å²) < 4.78 is 7.11. The Labute approximate surface area is 124 Å². The molecule has 6 nitrogen and oxygen atoms in total. The number of hydrogen-bond acceptors (Lipinski definition) is 5. The molecule has 0 aliphatic carbocycles. The number of aromatic hydroxyl groups is 1. The molecule has 21 heavy (non-hydrogen) atoms. The molecule has 0 unspecified atom stereocenters. The van der Waals surface area contributed by atoms with Crippen molar-refractivity contribution in [2.45, 2.75) is 6.42 Å². The van der Waals surface area contributed by atoms with Crippen molar-refractivity contribution in [2.24, 2.45) is 12.8 Å². The number of fused-ring (bicyclic) bond motifs is 1. The second-order valence-corrected chi connectivity index (χ2v) is 5.88. The largest absolute Gasteiger partial charge is 0.505 e. The van der Waals surface area contributed by atoms with Gasteiger partial charge in [0.25, 0.3) is 11.5 Å². The maximum Gasteiger partial charge on any atom is 0.267 e. The average molecular weight is 306 g/mol. The van der Waals surface area contributed by atoms with Crippen LogP contribution in [-0.2, 0) is 11.8 Å². The fraction of sp³-hybridized carbons (Fsp3) is 0.286. The first kappa shape index (κ1) is 13.8. The van der Waals surface area contributed by atoms with Crippen LogP contribution < -0.4 is 11.3 Å². The van der Waals surface area contributed by atoms with Gasteiger partial charge in [0.1, 0.15) is 5.56 Å². The van der Waals surface area contributed by atoms with E-state index in [1.54, 1.807) is 7.05 Å². The second-order valence-electron chi connectivity index (χ2n) is 4.83. The topological polar surface area (TPSA) is 94.6 Å². The zero-order valence-corrected chi connectivity index (χ0v) is 12.2. The number of carbonyl (C=O) groups is 1. The van der Waals surface area contributed by atoms with Crippen molar-refractivity contribution in [1.29, 1.82) is 0 Å². The summed E-state index contributed by atoms with van der Waals surface area (Å²) in [5.41, 5.74) is 5.96. The van der Waals surface area contributed by atoms with E-state index in [-0.39, 0.29) is 11.3 Å². The Bertz CT molecular complexity index is 832. The number of nitrogens with zero attached hydrogens (tertiary/aromatic N) is 1. The number of ether oxygens (including phenoxy) is 1. The average Bonchev–Trinajstić information content (AvgIpc) is 2.91. The molecule has 1 amide bonds. The van der Waals surface area contributed by atoms with Gasteiger partial charge >= 0.3 is 0 Å². The fourth-order valence-corrected chi connectivity index (χ4v) is 3.63. The first-order valence-electron chi connectivity index (χ1n) is 6.43. The highest BCUT2D eigenvalue weighted by molar-refractivity contribution is 7.20. The Hall–Kier alpha value is -2.12. The van der Waals surface area contributed by atoms with Gasteiger partial charge in [0.05, 0.1) is 23.4 Å². The van der Waals surface area contributed by atoms with Crippen molar-refractivity contribution < 1.29 is 14.6 Å². The summed E-state index contributed by atoms with van der Waals surface area (Å²) in [6, 6.07) is 1.85. The van der Waals surface area contributed by atoms with E-state index >= 15 is 0 Å². The van der Waals surface area contributed by atoms with Crippen LogP contribution in [0.15, 0.2) is 16.9 Å². The van der Waals surface area contributed by atoms with E-state index in [0.29, 0.717) is 23.4 Å². The Morgan fingerprint density at radius 1 is 1.52 bits per heavy atom. The fourth-order valence-electron chi connectivity index (χ4n) is 2.42. The maximum atomic E-state index is 12.1. The Morgan fingerprint density at radius 2 is 2.29 bits per heavy atom. The molecule has 7 heteroatoms. The predicted octanol–water partition coefficient (Wildman–Crippen LogP) is 1.21. The zero-order chi connectivity index (χ0) is 15.1. The van der Waals surface area contributed by atoms with Crippen LogP contribution in [0.3, 0.4) is 0 Å². The highest BCUT2D eigenvalue weighted by Gasteiger charge is 2.22. The van der Waals surface area contributed by atoms with Crippen molar-refractivity contribution in [2.75, 3.05) is 13.2 Å². The Morgan fingerprint density at radius 3 is 2.90 bits per heavy atom. The van der Waals surface area contributed by atoms with E-state index in [1.165, 1.54) is 15.9 Å². The van der Waals surface area contributed by atoms with E-state index in [9.17, 15) is 14.7 Å². The Kier molecular flexibility index (Phi) is 3.30. The van der Waals surface area contributed by atoms with Crippen LogP contribution in [0.5, 0.6) is 5.75 Å². The molecule has 1 aliphatic heterocycles. The van der Waals surface area contributed by atoms with Crippen molar-refractivity contribution in [1.82, 2.24) is 4.57 Å². The third kappa shape index (κ3) is 2.14. The maximum absolute atomic E-state index is 12.1. The van der Waals surface area contributed by atoms with Gasteiger partial charge in [0, 0.05) is 11.9 Å². The molecule has 0 fully saturated rings. The standard InChI is InChI=1S/C14H14N2O4S/c1-16-8-6-9(7-2-4-20-5-3-7)21-12(8)11(17)10(13(15)18)14(16)19/h2,6,17H,3-5H2,1H3,(H2,15,18). The normalized spacial score (nSPS) is 15.2. The summed E-state index contributed by atoms with van der Waals surface area (Å²) in [5, 5.41) is 10.2. The van der Waals surface area contributed by atoms with Gasteiger partial charge in [-0.25, -0.2) is 0 Å². The van der Waals surface area contributed by atoms with Gasteiger partial charge < -0.3 is 20.1 Å². The molecule has 2 aromatic rings. The smallest absolute Gasteiger partial charge is 0.267 e. The van der Waals surface area contributed by atoms with Crippen molar-refractivity contribution in [3.8, 4) is 5.75 Å². The lowest BCUT2D eigenvalue weighted by molar-refractivity contribution is 0.0996. The molecule has 3 N–H and O–H groups in total. The minimum Gasteiger partial charge on any atom is -0.505 e. The van der Waals surface area contributed by atoms with Crippen LogP contribution in [0, 0.1) is 0 Å². The monoisotopic (exact) mass is 306 g/mol. The third-order valence-corrected chi connectivity index (χ3v) is 4.78. The van der Waals surface area contributed by atoms with Gasteiger partial charge in [-0.05, 0) is 18.1 Å². The minimum absolute atomic E-state index is 0.329. The summed E-state index contributed by atoms with van der Waals surface area (Å²) in [6.07, 6.45) is 2.77. The van der Waals surface area contributed by atoms with Crippen LogP contribution in [0.4, 0.5) is 0 Å². The number of aromatic nitrogens is 1. The number of carbonyl (C=O) groups excluding carboxylic acids is 1. The summed E-state index contributed by atoms with van der Waals surface area (Å²) in [7, 11) is 1.56. The minimum atomic E-state index is -0.921. The summed E-state index contributed by atoms with van der Waals surface area (Å²) >= 11 is 1.34. The molecule has 0 saturated heterocycles. The van der Waals surface area contributed by atoms with E-state index < -0.39 is 11.5 Å². The SMILES string of the molecule is Cn1c(=O)c(C(N)=O)c(O)c2sc(C3=CCOCC3)cc21. The van der Waals surface area contributed by atoms with Crippen LogP contribution in [0.25, 0.3) is 15.8 Å². The number of nitrogens with two attached hydrogens (primary N) is 1. The quantitative estimate of drug-likeness (QED) is 0.872. The molecule has 3 heterocycles. The molecule has 0 saturated carbocycles. The van der Waals surface area contributed by atoms with Gasteiger partial charge in [-0.15, -0.1) is 11.3 Å². The lowest BCUT2D eigenvalue weighted by Gasteiger charge is -2.11. The number of hydrogen-bond donors (Lipinski definition) is 2. The molecule has 110 valence electrons. The molecule has 0 spiro atoms. The van der Waals surface area contributed by atoms with Crippen molar-refractivity contribution in [3.63, 3.8) is 0 Å². The molecule has 3 rings (SSSR count). The lowest BCUT2D eigenvalue weighted by Crippen LogP contribution is -2.28. The summed E-state index contributed by atoms with van der Waals surface area (Å²) in [6.45, 7) is 1.21. The predicted molar refractivity (Wildman–Crippen MR) is 80.7 cm³/mol. The number of rotatable bonds is 2.